The summed E-state index contributed by atoms with van der Waals surface area (Å²) in [5.41, 5.74) is 6.22. The van der Waals surface area contributed by atoms with Crippen molar-refractivity contribution in [3.63, 3.8) is 0 Å². The molecular weight excluding hydrogens is 447 g/mol. The zero-order valence-corrected chi connectivity index (χ0v) is 17.1. The van der Waals surface area contributed by atoms with E-state index in [1.807, 2.05) is 30.3 Å². The van der Waals surface area contributed by atoms with E-state index in [1.165, 1.54) is 18.6 Å². The van der Waals surface area contributed by atoms with Crippen LogP contribution in [0.25, 0.3) is 5.57 Å². The number of para-hydroxylation sites is 1. The van der Waals surface area contributed by atoms with E-state index >= 15 is 0 Å². The van der Waals surface area contributed by atoms with Crippen LogP contribution >= 0.6 is 46.6 Å². The highest BCUT2D eigenvalue weighted by atomic mass is 35.6. The summed E-state index contributed by atoms with van der Waals surface area (Å²) in [6.07, 6.45) is 4.10. The number of rotatable bonds is 5. The Balaban J connectivity index is 1.84. The van der Waals surface area contributed by atoms with Gasteiger partial charge in [-0.05, 0) is 12.1 Å². The standard InChI is InChI=1S/C16H13Cl3N6O2S/c17-16(18,19)14(27)13(11-8-20-6-7-21-11)12(26)9-28-15-22-23-24-25(15)10-4-2-1-3-5-10/h1-8,23-24,26H,9H2/b13-12+. The molecule has 1 aliphatic heterocycles. The number of hydrazine groups is 2. The number of hydrogen-bond acceptors (Lipinski definition) is 9. The Morgan fingerprint density at radius 1 is 1.21 bits per heavy atom. The number of nitrogens with one attached hydrogen (secondary N) is 2. The smallest absolute Gasteiger partial charge is 0.253 e. The summed E-state index contributed by atoms with van der Waals surface area (Å²) >= 11 is 18.4. The lowest BCUT2D eigenvalue weighted by atomic mass is 10.1. The zero-order valence-electron chi connectivity index (χ0n) is 14.0. The number of carbonyl (C=O) groups excluding carboxylic acids is 1. The second-order valence-electron chi connectivity index (χ2n) is 5.32. The molecule has 3 N–H and O–H groups in total. The maximum absolute atomic E-state index is 12.5. The van der Waals surface area contributed by atoms with Gasteiger partial charge in [0.25, 0.3) is 3.79 Å². The Morgan fingerprint density at radius 3 is 2.61 bits per heavy atom. The van der Waals surface area contributed by atoms with Gasteiger partial charge in [0.15, 0.2) is 0 Å². The van der Waals surface area contributed by atoms with Crippen LogP contribution in [0.2, 0.25) is 0 Å². The van der Waals surface area contributed by atoms with Crippen molar-refractivity contribution < 1.29 is 9.90 Å². The number of halogens is 3. The third-order valence-electron chi connectivity index (χ3n) is 3.45. The molecule has 28 heavy (non-hydrogen) atoms. The van der Waals surface area contributed by atoms with Crippen molar-refractivity contribution in [2.24, 2.45) is 5.10 Å². The topological polar surface area (TPSA) is 103 Å². The molecule has 2 heterocycles. The number of aliphatic hydroxyl groups excluding tert-OH is 1. The molecular formula is C16H13Cl3N6O2S. The van der Waals surface area contributed by atoms with Crippen LogP contribution in [0.15, 0.2) is 59.8 Å². The van der Waals surface area contributed by atoms with Crippen molar-refractivity contribution in [1.82, 2.24) is 21.0 Å². The lowest BCUT2D eigenvalue weighted by Crippen LogP contribution is -2.40. The summed E-state index contributed by atoms with van der Waals surface area (Å²) < 4.78 is -2.25. The molecule has 8 nitrogen and oxygen atoms in total. The van der Waals surface area contributed by atoms with Gasteiger partial charge in [-0.1, -0.05) is 64.8 Å². The second-order valence-corrected chi connectivity index (χ2v) is 8.54. The predicted octanol–water partition coefficient (Wildman–Crippen LogP) is 3.22. The van der Waals surface area contributed by atoms with Crippen LogP contribution in [0.5, 0.6) is 0 Å². The molecule has 0 amide bonds. The van der Waals surface area contributed by atoms with Gasteiger partial charge in [0.1, 0.15) is 5.76 Å². The van der Waals surface area contributed by atoms with Gasteiger partial charge in [-0.2, -0.15) is 0 Å². The van der Waals surface area contributed by atoms with Gasteiger partial charge >= 0.3 is 0 Å². The summed E-state index contributed by atoms with van der Waals surface area (Å²) in [5, 5.41) is 16.9. The molecule has 1 aromatic carbocycles. The summed E-state index contributed by atoms with van der Waals surface area (Å²) in [5.74, 6) is -1.24. The minimum absolute atomic E-state index is 0.0239. The fourth-order valence-corrected chi connectivity index (χ4v) is 3.32. The normalized spacial score (nSPS) is 15.0. The van der Waals surface area contributed by atoms with Gasteiger partial charge in [0.2, 0.25) is 11.0 Å². The predicted molar refractivity (Wildman–Crippen MR) is 112 cm³/mol. The van der Waals surface area contributed by atoms with Crippen LogP contribution in [-0.2, 0) is 4.79 Å². The Hall–Kier alpha value is -2.04. The highest BCUT2D eigenvalue weighted by molar-refractivity contribution is 8.14. The molecule has 1 aromatic heterocycles. The van der Waals surface area contributed by atoms with Crippen molar-refractivity contribution in [3.8, 4) is 0 Å². The van der Waals surface area contributed by atoms with Crippen LogP contribution in [-0.4, -0.2) is 35.6 Å². The first-order chi connectivity index (χ1) is 13.4. The number of carbonyl (C=O) groups is 1. The first-order valence-electron chi connectivity index (χ1n) is 7.74. The Labute approximate surface area is 179 Å². The number of Topliss-reactive ketones (excluding diaryl/α,β-unsaturated/α-hetero) is 1. The van der Waals surface area contributed by atoms with Gasteiger partial charge in [-0.15, -0.1) is 10.6 Å². The Kier molecular flexibility index (Phi) is 6.63. The number of amidine groups is 1. The summed E-state index contributed by atoms with van der Waals surface area (Å²) in [6.45, 7) is 0. The fourth-order valence-electron chi connectivity index (χ4n) is 2.24. The third-order valence-corrected chi connectivity index (χ3v) is 4.91. The average molecular weight is 460 g/mol. The molecule has 0 aliphatic carbocycles. The van der Waals surface area contributed by atoms with Crippen LogP contribution in [0.1, 0.15) is 5.69 Å². The maximum atomic E-state index is 12.5. The minimum Gasteiger partial charge on any atom is -0.511 e. The van der Waals surface area contributed by atoms with E-state index in [0.29, 0.717) is 5.17 Å². The van der Waals surface area contributed by atoms with Crippen molar-refractivity contribution in [1.29, 1.82) is 0 Å². The summed E-state index contributed by atoms with van der Waals surface area (Å²) in [4.78, 5) is 20.5. The first-order valence-corrected chi connectivity index (χ1v) is 9.86. The second kappa shape index (κ2) is 8.97. The number of aromatic nitrogens is 2. The highest BCUT2D eigenvalue weighted by Crippen LogP contribution is 2.34. The molecule has 3 rings (SSSR count). The number of thioether (sulfide) groups is 1. The molecule has 0 fully saturated rings. The van der Waals surface area contributed by atoms with Crippen molar-refractivity contribution >= 4 is 68.8 Å². The first kappa shape index (κ1) is 20.7. The lowest BCUT2D eigenvalue weighted by molar-refractivity contribution is -0.113. The van der Waals surface area contributed by atoms with E-state index in [2.05, 4.69) is 26.1 Å². The van der Waals surface area contributed by atoms with Crippen LogP contribution in [0.4, 0.5) is 5.69 Å². The zero-order chi connectivity index (χ0) is 20.1. The number of alkyl halides is 3. The van der Waals surface area contributed by atoms with E-state index in [0.717, 1.165) is 17.4 Å². The largest absolute Gasteiger partial charge is 0.511 e. The minimum atomic E-state index is -2.25. The van der Waals surface area contributed by atoms with Gasteiger partial charge in [0, 0.05) is 12.4 Å². The quantitative estimate of drug-likeness (QED) is 0.356. The van der Waals surface area contributed by atoms with Crippen molar-refractivity contribution in [3.05, 3.63) is 60.4 Å². The number of ketones is 1. The molecule has 0 spiro atoms. The van der Waals surface area contributed by atoms with Gasteiger partial charge in [0.05, 0.1) is 28.9 Å². The molecule has 0 unspecified atom stereocenters. The van der Waals surface area contributed by atoms with E-state index < -0.39 is 9.58 Å². The van der Waals surface area contributed by atoms with Crippen molar-refractivity contribution in [2.75, 3.05) is 10.8 Å². The SMILES string of the molecule is O=C(/C(=C(/O)CSC1=NNNN1c1ccccc1)c1cnccn1)C(Cl)(Cl)Cl. The van der Waals surface area contributed by atoms with E-state index in [-0.39, 0.29) is 22.8 Å². The Morgan fingerprint density at radius 2 is 1.96 bits per heavy atom. The molecule has 0 atom stereocenters. The number of benzene rings is 1. The molecule has 0 bridgehead atoms. The average Bonchev–Trinajstić information content (AvgIpc) is 3.16. The molecule has 0 radical (unpaired) electrons. The number of anilines is 1. The van der Waals surface area contributed by atoms with Crippen molar-refractivity contribution in [2.45, 2.75) is 3.79 Å². The van der Waals surface area contributed by atoms with Crippen LogP contribution < -0.4 is 16.1 Å². The molecule has 12 heteroatoms. The monoisotopic (exact) mass is 458 g/mol. The van der Waals surface area contributed by atoms with Gasteiger partial charge in [-0.3, -0.25) is 14.8 Å². The van der Waals surface area contributed by atoms with Gasteiger partial charge in [-0.25, -0.2) is 10.5 Å². The Bertz CT molecular complexity index is 906. The maximum Gasteiger partial charge on any atom is 0.253 e. The van der Waals surface area contributed by atoms with E-state index in [9.17, 15) is 9.90 Å². The third kappa shape index (κ3) is 4.86. The lowest BCUT2D eigenvalue weighted by Gasteiger charge is -2.18. The summed E-state index contributed by atoms with van der Waals surface area (Å²) in [7, 11) is 0. The molecule has 1 aliphatic rings. The number of hydrazone groups is 1. The molecule has 146 valence electrons. The fraction of sp³-hybridized carbons (Fsp3) is 0.125. The van der Waals surface area contributed by atoms with E-state index in [4.69, 9.17) is 34.8 Å². The number of hydrogen-bond donors (Lipinski definition) is 3. The van der Waals surface area contributed by atoms with Crippen LogP contribution in [0, 0.1) is 0 Å². The van der Waals surface area contributed by atoms with Gasteiger partial charge < -0.3 is 5.11 Å². The molecule has 2 aromatic rings. The number of nitrogens with zero attached hydrogens (tertiary/aromatic N) is 4. The van der Waals surface area contributed by atoms with E-state index in [1.54, 1.807) is 5.01 Å². The molecule has 0 saturated heterocycles. The summed E-state index contributed by atoms with van der Waals surface area (Å²) in [6, 6.07) is 9.40. The van der Waals surface area contributed by atoms with Crippen LogP contribution in [0.3, 0.4) is 0 Å². The highest BCUT2D eigenvalue weighted by Gasteiger charge is 2.36. The number of aliphatic hydroxyl groups is 1. The molecule has 0 saturated carbocycles. The number of allylic oxidation sites excluding steroid dienone is 1.